The summed E-state index contributed by atoms with van der Waals surface area (Å²) in [6.45, 7) is 3.45. The smallest absolute Gasteiger partial charge is 0.315 e. The molecule has 0 aromatic heterocycles. The van der Waals surface area contributed by atoms with E-state index in [-0.39, 0.29) is 12.4 Å². The van der Waals surface area contributed by atoms with Crippen LogP contribution in [0.2, 0.25) is 0 Å². The van der Waals surface area contributed by atoms with Crippen LogP contribution in [0, 0.1) is 0 Å². The topological polar surface area (TPSA) is 26.3 Å². The molecule has 3 rings (SSSR count). The summed E-state index contributed by atoms with van der Waals surface area (Å²) < 4.78 is 5.61. The van der Waals surface area contributed by atoms with E-state index in [1.165, 1.54) is 0 Å². The van der Waals surface area contributed by atoms with Gasteiger partial charge in [0.2, 0.25) is 0 Å². The van der Waals surface area contributed by atoms with Gasteiger partial charge in [0.05, 0.1) is 6.42 Å². The molecule has 3 aromatic rings. The predicted molar refractivity (Wildman–Crippen MR) is 85.4 cm³/mol. The number of benzene rings is 3. The normalized spacial score (nSPS) is 10.3. The average molecular weight is 274 g/mol. The Morgan fingerprint density at radius 1 is 1.05 bits per heavy atom. The minimum atomic E-state index is -0.312. The Balaban J connectivity index is 2.20. The van der Waals surface area contributed by atoms with Crippen LogP contribution in [0.3, 0.4) is 0 Å². The molecule has 0 saturated carbocycles. The number of carbonyl (C=O) groups excluding carboxylic acids is 1. The fraction of sp³-hybridized carbons (Fsp3) is 0.0526. The summed E-state index contributed by atoms with van der Waals surface area (Å²) in [7, 11) is 0. The summed E-state index contributed by atoms with van der Waals surface area (Å²) in [6, 6.07) is 17.9. The van der Waals surface area contributed by atoms with E-state index in [2.05, 4.69) is 18.4 Å². The van der Waals surface area contributed by atoms with Crippen molar-refractivity contribution in [1.29, 1.82) is 0 Å². The molecule has 0 heterocycles. The van der Waals surface area contributed by atoms with Crippen molar-refractivity contribution in [3.63, 3.8) is 0 Å². The van der Waals surface area contributed by atoms with E-state index in [1.807, 2.05) is 48.5 Å². The lowest BCUT2D eigenvalue weighted by molar-refractivity contribution is -0.133. The van der Waals surface area contributed by atoms with Gasteiger partial charge in [0, 0.05) is 10.8 Å². The Kier molecular flexibility index (Phi) is 3.55. The van der Waals surface area contributed by atoms with E-state index in [4.69, 9.17) is 4.74 Å². The van der Waals surface area contributed by atoms with Gasteiger partial charge in [0.1, 0.15) is 5.75 Å². The summed E-state index contributed by atoms with van der Waals surface area (Å²) >= 11 is 0. The van der Waals surface area contributed by atoms with Crippen LogP contribution in [-0.4, -0.2) is 5.97 Å². The van der Waals surface area contributed by atoms with Gasteiger partial charge in [-0.25, -0.2) is 0 Å². The largest absolute Gasteiger partial charge is 0.425 e. The van der Waals surface area contributed by atoms with Crippen LogP contribution in [0.5, 0.6) is 5.75 Å². The third-order valence-electron chi connectivity index (χ3n) is 3.35. The monoisotopic (exact) mass is 274 g/mol. The molecule has 0 bridgehead atoms. The first-order valence-electron chi connectivity index (χ1n) is 6.75. The Hall–Kier alpha value is -2.83. The van der Waals surface area contributed by atoms with Crippen LogP contribution in [0.4, 0.5) is 0 Å². The molecule has 0 aliphatic carbocycles. The molecule has 102 valence electrons. The van der Waals surface area contributed by atoms with Crippen LogP contribution in [0.1, 0.15) is 6.42 Å². The zero-order valence-corrected chi connectivity index (χ0v) is 11.5. The van der Waals surface area contributed by atoms with Gasteiger partial charge in [-0.3, -0.25) is 4.79 Å². The second-order valence-electron chi connectivity index (χ2n) is 4.73. The fourth-order valence-corrected chi connectivity index (χ4v) is 2.39. The van der Waals surface area contributed by atoms with Gasteiger partial charge in [0.15, 0.2) is 0 Å². The van der Waals surface area contributed by atoms with Crippen molar-refractivity contribution < 1.29 is 9.53 Å². The van der Waals surface area contributed by atoms with Crippen molar-refractivity contribution in [3.05, 3.63) is 73.0 Å². The van der Waals surface area contributed by atoms with Crippen molar-refractivity contribution in [3.8, 4) is 5.75 Å². The molecule has 0 radical (unpaired) electrons. The van der Waals surface area contributed by atoms with Crippen molar-refractivity contribution in [2.75, 3.05) is 0 Å². The standard InChI is InChI=1S/C19H14O2/c1-2-3-12-18(20)21-19-16-10-6-4-8-14(16)13-15-9-5-7-11-17(15)19/h3-11,13H,1,12H2. The van der Waals surface area contributed by atoms with Gasteiger partial charge in [-0.1, -0.05) is 55.1 Å². The third-order valence-corrected chi connectivity index (χ3v) is 3.35. The molecule has 0 N–H and O–H groups in total. The minimum absolute atomic E-state index is 0.168. The maximum absolute atomic E-state index is 11.9. The van der Waals surface area contributed by atoms with Gasteiger partial charge in [-0.2, -0.15) is 0 Å². The zero-order chi connectivity index (χ0) is 14.7. The van der Waals surface area contributed by atoms with Crippen molar-refractivity contribution in [2.45, 2.75) is 6.42 Å². The van der Waals surface area contributed by atoms with E-state index in [1.54, 1.807) is 6.08 Å². The van der Waals surface area contributed by atoms with E-state index < -0.39 is 0 Å². The van der Waals surface area contributed by atoms with E-state index in [0.717, 1.165) is 21.5 Å². The highest BCUT2D eigenvalue weighted by molar-refractivity contribution is 6.06. The summed E-state index contributed by atoms with van der Waals surface area (Å²) in [6.07, 6.45) is 1.73. The van der Waals surface area contributed by atoms with Crippen LogP contribution >= 0.6 is 0 Å². The summed E-state index contributed by atoms with van der Waals surface area (Å²) in [5.74, 6) is 0.304. The molecule has 0 saturated heterocycles. The molecule has 0 fully saturated rings. The number of fused-ring (bicyclic) bond motifs is 2. The number of esters is 1. The summed E-state index contributed by atoms with van der Waals surface area (Å²) in [5, 5.41) is 3.98. The van der Waals surface area contributed by atoms with Crippen molar-refractivity contribution in [2.24, 2.45) is 0 Å². The molecular formula is C19H14O2. The Morgan fingerprint density at radius 3 is 2.19 bits per heavy atom. The number of carbonyl (C=O) groups is 1. The molecule has 0 amide bonds. The second kappa shape index (κ2) is 5.66. The molecule has 3 aromatic carbocycles. The molecular weight excluding hydrogens is 260 g/mol. The van der Waals surface area contributed by atoms with Crippen molar-refractivity contribution in [1.82, 2.24) is 0 Å². The number of hydrogen-bond acceptors (Lipinski definition) is 2. The Bertz CT molecular complexity index is 817. The van der Waals surface area contributed by atoms with Crippen molar-refractivity contribution >= 4 is 27.5 Å². The lowest BCUT2D eigenvalue weighted by Gasteiger charge is -2.11. The van der Waals surface area contributed by atoms with Gasteiger partial charge in [-0.15, -0.1) is 5.73 Å². The first kappa shape index (κ1) is 13.2. The zero-order valence-electron chi connectivity index (χ0n) is 11.5. The molecule has 2 nitrogen and oxygen atoms in total. The van der Waals surface area contributed by atoms with Crippen LogP contribution in [0.25, 0.3) is 21.5 Å². The first-order valence-corrected chi connectivity index (χ1v) is 6.75. The van der Waals surface area contributed by atoms with E-state index >= 15 is 0 Å². The van der Waals surface area contributed by atoms with Gasteiger partial charge < -0.3 is 4.74 Å². The first-order chi connectivity index (χ1) is 10.3. The van der Waals surface area contributed by atoms with Crippen LogP contribution < -0.4 is 4.74 Å². The number of hydrogen-bond donors (Lipinski definition) is 0. The van der Waals surface area contributed by atoms with Gasteiger partial charge >= 0.3 is 5.97 Å². The second-order valence-corrected chi connectivity index (χ2v) is 4.73. The maximum Gasteiger partial charge on any atom is 0.315 e. The SMILES string of the molecule is C=C=CCC(=O)Oc1c2ccccc2cc2ccccc12. The minimum Gasteiger partial charge on any atom is -0.425 e. The molecule has 0 aliphatic heterocycles. The quantitative estimate of drug-likeness (QED) is 0.301. The molecule has 0 atom stereocenters. The van der Waals surface area contributed by atoms with E-state index in [0.29, 0.717) is 5.75 Å². The van der Waals surface area contributed by atoms with Crippen LogP contribution in [0.15, 0.2) is 73.0 Å². The highest BCUT2D eigenvalue weighted by Gasteiger charge is 2.11. The summed E-state index contributed by atoms with van der Waals surface area (Å²) in [5.41, 5.74) is 2.58. The Labute approximate surface area is 123 Å². The third kappa shape index (κ3) is 2.58. The van der Waals surface area contributed by atoms with Gasteiger partial charge in [-0.05, 0) is 22.9 Å². The molecule has 0 unspecified atom stereocenters. The van der Waals surface area contributed by atoms with Gasteiger partial charge in [0.25, 0.3) is 0 Å². The number of ether oxygens (including phenoxy) is 1. The Morgan fingerprint density at radius 2 is 1.62 bits per heavy atom. The predicted octanol–water partition coefficient (Wildman–Crippen LogP) is 4.63. The average Bonchev–Trinajstić information content (AvgIpc) is 2.52. The number of rotatable bonds is 3. The molecule has 0 aliphatic rings. The lowest BCUT2D eigenvalue weighted by atomic mass is 10.0. The highest BCUT2D eigenvalue weighted by Crippen LogP contribution is 2.34. The highest BCUT2D eigenvalue weighted by atomic mass is 16.5. The van der Waals surface area contributed by atoms with Crippen LogP contribution in [-0.2, 0) is 4.79 Å². The molecule has 0 spiro atoms. The lowest BCUT2D eigenvalue weighted by Crippen LogP contribution is -2.06. The van der Waals surface area contributed by atoms with E-state index in [9.17, 15) is 4.79 Å². The fourth-order valence-electron chi connectivity index (χ4n) is 2.39. The molecule has 2 heteroatoms. The molecule has 21 heavy (non-hydrogen) atoms. The maximum atomic E-state index is 11.9. The summed E-state index contributed by atoms with van der Waals surface area (Å²) in [4.78, 5) is 11.9.